The van der Waals surface area contributed by atoms with Crippen LogP contribution < -0.4 is 5.46 Å². The Balaban J connectivity index is 2.37. The van der Waals surface area contributed by atoms with Gasteiger partial charge in [0.1, 0.15) is 5.82 Å². The summed E-state index contributed by atoms with van der Waals surface area (Å²) in [4.78, 5) is 0. The van der Waals surface area contributed by atoms with Crippen LogP contribution in [-0.4, -0.2) is 25.4 Å². The minimum Gasteiger partial charge on any atom is -0.399 e. The van der Waals surface area contributed by atoms with Crippen molar-refractivity contribution >= 4 is 12.6 Å². The Bertz CT molecular complexity index is 458. The van der Waals surface area contributed by atoms with Gasteiger partial charge in [0.05, 0.1) is 17.8 Å². The summed E-state index contributed by atoms with van der Waals surface area (Å²) in [5.41, 5.74) is 0.312. The van der Waals surface area contributed by atoms with Crippen LogP contribution in [0.1, 0.15) is 33.3 Å². The highest BCUT2D eigenvalue weighted by molar-refractivity contribution is 6.62. The zero-order valence-electron chi connectivity index (χ0n) is 12.1. The molecule has 0 aliphatic carbocycles. The molecule has 1 aliphatic heterocycles. The van der Waals surface area contributed by atoms with E-state index in [0.29, 0.717) is 11.0 Å². The van der Waals surface area contributed by atoms with E-state index in [1.807, 2.05) is 33.8 Å². The van der Waals surface area contributed by atoms with Crippen molar-refractivity contribution in [1.82, 2.24) is 0 Å². The van der Waals surface area contributed by atoms with Gasteiger partial charge in [-0.05, 0) is 39.2 Å². The minimum absolute atomic E-state index is 0.200. The summed E-state index contributed by atoms with van der Waals surface area (Å²) >= 11 is 0. The number of ether oxygens (including phenoxy) is 1. The van der Waals surface area contributed by atoms with Gasteiger partial charge in [0, 0.05) is 12.7 Å². The van der Waals surface area contributed by atoms with Gasteiger partial charge in [0.2, 0.25) is 0 Å². The molecular formula is C14H20BFO3. The van der Waals surface area contributed by atoms with Crippen LogP contribution >= 0.6 is 0 Å². The van der Waals surface area contributed by atoms with Gasteiger partial charge in [-0.3, -0.25) is 0 Å². The fourth-order valence-corrected chi connectivity index (χ4v) is 2.06. The molecule has 19 heavy (non-hydrogen) atoms. The predicted molar refractivity (Wildman–Crippen MR) is 72.8 cm³/mol. The van der Waals surface area contributed by atoms with Gasteiger partial charge < -0.3 is 14.0 Å². The van der Waals surface area contributed by atoms with Crippen LogP contribution in [0.3, 0.4) is 0 Å². The van der Waals surface area contributed by atoms with E-state index < -0.39 is 18.3 Å². The van der Waals surface area contributed by atoms with Crippen LogP contribution in [0, 0.1) is 5.82 Å². The molecule has 0 radical (unpaired) electrons. The number of benzene rings is 1. The van der Waals surface area contributed by atoms with E-state index >= 15 is 0 Å². The fourth-order valence-electron chi connectivity index (χ4n) is 2.06. The molecular weight excluding hydrogens is 246 g/mol. The van der Waals surface area contributed by atoms with Crippen molar-refractivity contribution in [2.45, 2.75) is 45.5 Å². The lowest BCUT2D eigenvalue weighted by atomic mass is 9.76. The lowest BCUT2D eigenvalue weighted by Gasteiger charge is -2.32. The van der Waals surface area contributed by atoms with Crippen molar-refractivity contribution in [3.8, 4) is 0 Å². The van der Waals surface area contributed by atoms with Crippen LogP contribution in [0.5, 0.6) is 0 Å². The highest BCUT2D eigenvalue weighted by Crippen LogP contribution is 2.36. The Hall–Kier alpha value is -0.905. The first kappa shape index (κ1) is 14.5. The highest BCUT2D eigenvalue weighted by Gasteiger charge is 2.52. The summed E-state index contributed by atoms with van der Waals surface area (Å²) in [5, 5.41) is 0. The molecule has 1 aliphatic rings. The van der Waals surface area contributed by atoms with Gasteiger partial charge in [0.25, 0.3) is 0 Å². The van der Waals surface area contributed by atoms with Gasteiger partial charge in [-0.1, -0.05) is 12.1 Å². The molecule has 0 saturated carbocycles. The molecule has 0 amide bonds. The van der Waals surface area contributed by atoms with Crippen LogP contribution in [0.2, 0.25) is 0 Å². The Labute approximate surface area is 114 Å². The first-order valence-corrected chi connectivity index (χ1v) is 6.40. The molecule has 104 valence electrons. The van der Waals surface area contributed by atoms with Crippen LogP contribution in [0.4, 0.5) is 4.39 Å². The second-order valence-corrected chi connectivity index (χ2v) is 5.83. The smallest absolute Gasteiger partial charge is 0.399 e. The Kier molecular flexibility index (Phi) is 3.73. The Morgan fingerprint density at radius 1 is 1.16 bits per heavy atom. The average molecular weight is 266 g/mol. The molecule has 3 nitrogen and oxygen atoms in total. The van der Waals surface area contributed by atoms with E-state index in [0.717, 1.165) is 0 Å². The van der Waals surface area contributed by atoms with E-state index in [1.165, 1.54) is 6.07 Å². The zero-order chi connectivity index (χ0) is 14.3. The third kappa shape index (κ3) is 2.55. The third-order valence-electron chi connectivity index (χ3n) is 3.95. The molecule has 0 spiro atoms. The molecule has 1 fully saturated rings. The van der Waals surface area contributed by atoms with Gasteiger partial charge >= 0.3 is 7.12 Å². The van der Waals surface area contributed by atoms with Crippen molar-refractivity contribution < 1.29 is 18.4 Å². The summed E-state index contributed by atoms with van der Waals surface area (Å²) in [6, 6.07) is 4.90. The number of methoxy groups -OCH3 is 1. The summed E-state index contributed by atoms with van der Waals surface area (Å²) in [6.07, 6.45) is 0. The van der Waals surface area contributed by atoms with E-state index in [1.54, 1.807) is 13.2 Å². The van der Waals surface area contributed by atoms with Crippen LogP contribution in [0.15, 0.2) is 18.2 Å². The lowest BCUT2D eigenvalue weighted by Crippen LogP contribution is -2.41. The van der Waals surface area contributed by atoms with Gasteiger partial charge in [-0.15, -0.1) is 0 Å². The first-order valence-electron chi connectivity index (χ1n) is 6.40. The molecule has 0 unspecified atom stereocenters. The monoisotopic (exact) mass is 266 g/mol. The van der Waals surface area contributed by atoms with Gasteiger partial charge in [0.15, 0.2) is 0 Å². The Morgan fingerprint density at radius 2 is 1.74 bits per heavy atom. The van der Waals surface area contributed by atoms with Crippen molar-refractivity contribution in [1.29, 1.82) is 0 Å². The first-order chi connectivity index (χ1) is 8.78. The molecule has 1 aromatic rings. The van der Waals surface area contributed by atoms with Gasteiger partial charge in [-0.25, -0.2) is 4.39 Å². The van der Waals surface area contributed by atoms with Crippen molar-refractivity contribution in [3.63, 3.8) is 0 Å². The second kappa shape index (κ2) is 4.89. The number of halogens is 1. The average Bonchev–Trinajstić information content (AvgIpc) is 2.51. The van der Waals surface area contributed by atoms with E-state index in [9.17, 15) is 4.39 Å². The fraction of sp³-hybridized carbons (Fsp3) is 0.571. The summed E-state index contributed by atoms with van der Waals surface area (Å²) in [5.74, 6) is -0.297. The van der Waals surface area contributed by atoms with E-state index in [4.69, 9.17) is 14.0 Å². The lowest BCUT2D eigenvalue weighted by molar-refractivity contribution is 0.00578. The topological polar surface area (TPSA) is 27.7 Å². The molecule has 0 atom stereocenters. The second-order valence-electron chi connectivity index (χ2n) is 5.83. The largest absolute Gasteiger partial charge is 0.495 e. The number of rotatable bonds is 3. The normalized spacial score (nSPS) is 20.8. The van der Waals surface area contributed by atoms with Crippen molar-refractivity contribution in [2.75, 3.05) is 7.11 Å². The maximum Gasteiger partial charge on any atom is 0.495 e. The maximum absolute atomic E-state index is 13.9. The van der Waals surface area contributed by atoms with Crippen LogP contribution in [0.25, 0.3) is 0 Å². The number of hydrogen-bond acceptors (Lipinski definition) is 3. The molecule has 0 bridgehead atoms. The quantitative estimate of drug-likeness (QED) is 0.785. The minimum atomic E-state index is -0.564. The highest BCUT2D eigenvalue weighted by atomic mass is 19.1. The van der Waals surface area contributed by atoms with Crippen molar-refractivity contribution in [2.24, 2.45) is 0 Å². The zero-order valence-corrected chi connectivity index (χ0v) is 12.1. The molecule has 0 aromatic heterocycles. The molecule has 0 N–H and O–H groups in total. The Morgan fingerprint density at radius 3 is 2.26 bits per heavy atom. The summed E-state index contributed by atoms with van der Waals surface area (Å²) in [7, 11) is 0.978. The van der Waals surface area contributed by atoms with Crippen molar-refractivity contribution in [3.05, 3.63) is 29.6 Å². The molecule has 5 heteroatoms. The van der Waals surface area contributed by atoms with E-state index in [2.05, 4.69) is 0 Å². The molecule has 1 heterocycles. The van der Waals surface area contributed by atoms with Gasteiger partial charge in [-0.2, -0.15) is 0 Å². The van der Waals surface area contributed by atoms with E-state index in [-0.39, 0.29) is 12.4 Å². The molecule has 1 aromatic carbocycles. The predicted octanol–water partition coefficient (Wildman–Crippen LogP) is 2.27. The third-order valence-corrected chi connectivity index (χ3v) is 3.95. The molecule has 2 rings (SSSR count). The standard InChI is InChI=1S/C14H20BFO3/c1-13(2)14(3,4)19-15(18-13)11-7-6-8-12(16)10(11)9-17-5/h6-8H,9H2,1-5H3. The summed E-state index contributed by atoms with van der Waals surface area (Å²) < 4.78 is 30.8. The number of hydrogen-bond donors (Lipinski definition) is 0. The maximum atomic E-state index is 13.9. The SMILES string of the molecule is COCc1c(F)cccc1B1OC(C)(C)C(C)(C)O1. The summed E-state index contributed by atoms with van der Waals surface area (Å²) in [6.45, 7) is 8.10. The molecule has 1 saturated heterocycles. The van der Waals surface area contributed by atoms with Crippen LogP contribution in [-0.2, 0) is 20.7 Å².